The summed E-state index contributed by atoms with van der Waals surface area (Å²) in [5.74, 6) is 0. The van der Waals surface area contributed by atoms with Crippen LogP contribution in [0.4, 0.5) is 0 Å². The van der Waals surface area contributed by atoms with Gasteiger partial charge in [0.2, 0.25) is 0 Å². The van der Waals surface area contributed by atoms with Crippen LogP contribution in [0, 0.1) is 6.26 Å². The minimum Gasteiger partial charge on any atom is -0.461 e. The zero-order valence-corrected chi connectivity index (χ0v) is 4.05. The molecule has 0 saturated heterocycles. The molecule has 0 amide bonds. The van der Waals surface area contributed by atoms with Crippen LogP contribution in [-0.4, -0.2) is 0 Å². The van der Waals surface area contributed by atoms with Crippen LogP contribution in [0.25, 0.3) is 11.2 Å². The van der Waals surface area contributed by atoms with E-state index in [2.05, 4.69) is 6.26 Å². The van der Waals surface area contributed by atoms with Gasteiger partial charge in [0.05, 0.1) is 6.26 Å². The Kier molecular flexibility index (Phi) is 0.545. The molecule has 0 aliphatic carbocycles. The van der Waals surface area contributed by atoms with Crippen molar-refractivity contribution in [1.82, 2.24) is 0 Å². The first kappa shape index (κ1) is 3.78. The van der Waals surface area contributed by atoms with Crippen molar-refractivity contribution in [3.8, 4) is 0 Å². The molecule has 8 heavy (non-hydrogen) atoms. The van der Waals surface area contributed by atoms with Crippen molar-refractivity contribution in [3.05, 3.63) is 24.7 Å². The summed E-state index contributed by atoms with van der Waals surface area (Å²) in [7, 11) is 0. The van der Waals surface area contributed by atoms with Gasteiger partial charge in [-0.2, -0.15) is 0 Å². The van der Waals surface area contributed by atoms with Gasteiger partial charge in [-0.3, -0.25) is 0 Å². The SMILES string of the molecule is [c]1cc2occc2o1. The molecule has 2 heteroatoms. The first-order valence-corrected chi connectivity index (χ1v) is 2.30. The molecule has 0 atom stereocenters. The summed E-state index contributed by atoms with van der Waals surface area (Å²) in [4.78, 5) is 0. The molecule has 2 aromatic heterocycles. The maximum atomic E-state index is 4.93. The van der Waals surface area contributed by atoms with Crippen LogP contribution in [-0.2, 0) is 0 Å². The second-order valence-corrected chi connectivity index (χ2v) is 1.51. The lowest BCUT2D eigenvalue weighted by atomic mass is 10.5. The van der Waals surface area contributed by atoms with Gasteiger partial charge >= 0.3 is 0 Å². The predicted octanol–water partition coefficient (Wildman–Crippen LogP) is 1.83. The normalized spacial score (nSPS) is 10.5. The Morgan fingerprint density at radius 2 is 2.38 bits per heavy atom. The van der Waals surface area contributed by atoms with Crippen LogP contribution < -0.4 is 0 Å². The Balaban J connectivity index is 3.06. The molecule has 0 aliphatic heterocycles. The third-order valence-corrected chi connectivity index (χ3v) is 1.02. The van der Waals surface area contributed by atoms with Crippen molar-refractivity contribution in [2.24, 2.45) is 0 Å². The highest BCUT2D eigenvalue weighted by Crippen LogP contribution is 2.13. The van der Waals surface area contributed by atoms with E-state index in [1.165, 1.54) is 0 Å². The summed E-state index contributed by atoms with van der Waals surface area (Å²) in [6.45, 7) is 0. The van der Waals surface area contributed by atoms with E-state index in [-0.39, 0.29) is 0 Å². The fraction of sp³-hybridized carbons (Fsp3) is 0. The molecule has 2 rings (SSSR count). The monoisotopic (exact) mass is 107 g/mol. The van der Waals surface area contributed by atoms with E-state index in [0.29, 0.717) is 0 Å². The standard InChI is InChI=1S/C6H3O2/c1-3-7-6-2-4-8-5(1)6/h1-3H. The number of furan rings is 2. The van der Waals surface area contributed by atoms with Crippen molar-refractivity contribution in [2.45, 2.75) is 0 Å². The molecule has 1 radical (unpaired) electrons. The molecule has 2 nitrogen and oxygen atoms in total. The largest absolute Gasteiger partial charge is 0.461 e. The molecule has 0 fully saturated rings. The third-order valence-electron chi connectivity index (χ3n) is 1.02. The second-order valence-electron chi connectivity index (χ2n) is 1.51. The summed E-state index contributed by atoms with van der Waals surface area (Å²) in [5, 5.41) is 0. The summed E-state index contributed by atoms with van der Waals surface area (Å²) in [6.07, 6.45) is 4.13. The first-order valence-electron chi connectivity index (χ1n) is 2.30. The minimum absolute atomic E-state index is 0.755. The lowest BCUT2D eigenvalue weighted by Gasteiger charge is -1.64. The number of hydrogen-bond donors (Lipinski definition) is 0. The van der Waals surface area contributed by atoms with Crippen molar-refractivity contribution >= 4 is 11.2 Å². The molecule has 39 valence electrons. The highest BCUT2D eigenvalue weighted by molar-refractivity contribution is 5.69. The Labute approximate surface area is 45.7 Å². The molecular weight excluding hydrogens is 104 g/mol. The summed E-state index contributed by atoms with van der Waals surface area (Å²) >= 11 is 0. The van der Waals surface area contributed by atoms with E-state index in [4.69, 9.17) is 8.83 Å². The molecule has 0 aliphatic rings. The molecular formula is C6H3O2. The average Bonchev–Trinajstić information content (AvgIpc) is 2.15. The molecule has 0 saturated carbocycles. The van der Waals surface area contributed by atoms with Crippen molar-refractivity contribution in [3.63, 3.8) is 0 Å². The Hall–Kier alpha value is -1.18. The zero-order valence-electron chi connectivity index (χ0n) is 4.05. The van der Waals surface area contributed by atoms with Gasteiger partial charge in [-0.1, -0.05) is 0 Å². The summed E-state index contributed by atoms with van der Waals surface area (Å²) in [6, 6.07) is 3.42. The second kappa shape index (κ2) is 1.15. The van der Waals surface area contributed by atoms with Gasteiger partial charge in [0, 0.05) is 12.1 Å². The van der Waals surface area contributed by atoms with Crippen LogP contribution in [0.1, 0.15) is 0 Å². The molecule has 0 aromatic carbocycles. The van der Waals surface area contributed by atoms with E-state index in [1.807, 2.05) is 0 Å². The van der Waals surface area contributed by atoms with Gasteiger partial charge in [-0.25, -0.2) is 0 Å². The van der Waals surface area contributed by atoms with E-state index >= 15 is 0 Å². The third kappa shape index (κ3) is 0.320. The minimum atomic E-state index is 0.755. The van der Waals surface area contributed by atoms with Crippen LogP contribution in [0.5, 0.6) is 0 Å². The Morgan fingerprint density at radius 1 is 1.38 bits per heavy atom. The van der Waals surface area contributed by atoms with Crippen molar-refractivity contribution < 1.29 is 8.83 Å². The maximum absolute atomic E-state index is 4.93. The van der Waals surface area contributed by atoms with Gasteiger partial charge < -0.3 is 8.83 Å². The molecule has 0 N–H and O–H groups in total. The number of fused-ring (bicyclic) bond motifs is 1. The fourth-order valence-electron chi connectivity index (χ4n) is 0.645. The van der Waals surface area contributed by atoms with Crippen molar-refractivity contribution in [2.75, 3.05) is 0 Å². The smallest absolute Gasteiger partial charge is 0.174 e. The molecule has 0 bridgehead atoms. The van der Waals surface area contributed by atoms with Gasteiger partial charge in [-0.05, 0) is 0 Å². The van der Waals surface area contributed by atoms with Crippen LogP contribution in [0.3, 0.4) is 0 Å². The van der Waals surface area contributed by atoms with Crippen molar-refractivity contribution in [1.29, 1.82) is 0 Å². The lowest BCUT2D eigenvalue weighted by Crippen LogP contribution is -1.38. The topological polar surface area (TPSA) is 26.3 Å². The van der Waals surface area contributed by atoms with Crippen LogP contribution in [0.15, 0.2) is 27.2 Å². The van der Waals surface area contributed by atoms with Gasteiger partial charge in [0.25, 0.3) is 0 Å². The quantitative estimate of drug-likeness (QED) is 0.513. The highest BCUT2D eigenvalue weighted by Gasteiger charge is 1.95. The van der Waals surface area contributed by atoms with Gasteiger partial charge in [-0.15, -0.1) is 0 Å². The Bertz CT molecular complexity index is 228. The first-order chi connectivity index (χ1) is 3.97. The van der Waals surface area contributed by atoms with Gasteiger partial charge in [0.15, 0.2) is 17.4 Å². The van der Waals surface area contributed by atoms with Crippen LogP contribution >= 0.6 is 0 Å². The van der Waals surface area contributed by atoms with E-state index in [1.54, 1.807) is 18.4 Å². The fourth-order valence-corrected chi connectivity index (χ4v) is 0.645. The molecule has 2 heterocycles. The number of rotatable bonds is 0. The highest BCUT2D eigenvalue weighted by atomic mass is 16.4. The predicted molar refractivity (Wildman–Crippen MR) is 27.3 cm³/mol. The van der Waals surface area contributed by atoms with Gasteiger partial charge in [0.1, 0.15) is 0 Å². The number of hydrogen-bond acceptors (Lipinski definition) is 2. The van der Waals surface area contributed by atoms with E-state index in [9.17, 15) is 0 Å². The average molecular weight is 107 g/mol. The summed E-state index contributed by atoms with van der Waals surface area (Å²) in [5.41, 5.74) is 1.51. The Morgan fingerprint density at radius 3 is 3.25 bits per heavy atom. The van der Waals surface area contributed by atoms with E-state index in [0.717, 1.165) is 11.2 Å². The summed E-state index contributed by atoms with van der Waals surface area (Å²) < 4.78 is 9.77. The van der Waals surface area contributed by atoms with E-state index < -0.39 is 0 Å². The molecule has 0 unspecified atom stereocenters. The maximum Gasteiger partial charge on any atom is 0.174 e. The lowest BCUT2D eigenvalue weighted by molar-refractivity contribution is 0.603. The molecule has 2 aromatic rings. The molecule has 0 spiro atoms. The van der Waals surface area contributed by atoms with Crippen LogP contribution in [0.2, 0.25) is 0 Å². The zero-order chi connectivity index (χ0) is 5.40.